The highest BCUT2D eigenvalue weighted by molar-refractivity contribution is 5.83. The van der Waals surface area contributed by atoms with Crippen molar-refractivity contribution in [1.29, 1.82) is 0 Å². The summed E-state index contributed by atoms with van der Waals surface area (Å²) in [4.78, 5) is 34.1. The van der Waals surface area contributed by atoms with Gasteiger partial charge in [0.1, 0.15) is 12.6 Å². The van der Waals surface area contributed by atoms with Gasteiger partial charge in [0.05, 0.1) is 19.8 Å². The summed E-state index contributed by atoms with van der Waals surface area (Å²) in [6.07, 6.45) is 19.8. The van der Waals surface area contributed by atoms with E-state index in [1.807, 2.05) is 0 Å². The van der Waals surface area contributed by atoms with E-state index in [2.05, 4.69) is 17.6 Å². The third-order valence-corrected chi connectivity index (χ3v) is 6.29. The van der Waals surface area contributed by atoms with Gasteiger partial charge in [0.15, 0.2) is 0 Å². The standard InChI is InChI=1S/C28H55N3O6/c1-2-3-4-5-6-7-8-9-10-11-12-13-14-15-16-17-27(33)31-25(28(34)35)18-19-30-20-21-36-22-23-37-24-26(29)32/h25,30H,2-24H2,1H3,(H2,29,32)(H,31,33)(H,34,35). The van der Waals surface area contributed by atoms with Crippen LogP contribution in [0, 0.1) is 0 Å². The normalized spacial score (nSPS) is 11.9. The topological polar surface area (TPSA) is 140 Å². The molecule has 0 aromatic heterocycles. The number of nitrogens with one attached hydrogen (secondary N) is 2. The van der Waals surface area contributed by atoms with Gasteiger partial charge in [-0.1, -0.05) is 96.8 Å². The van der Waals surface area contributed by atoms with Gasteiger partial charge in [-0.25, -0.2) is 4.79 Å². The average molecular weight is 530 g/mol. The number of carbonyl (C=O) groups excluding carboxylic acids is 2. The molecule has 0 bridgehead atoms. The molecule has 0 radical (unpaired) electrons. The van der Waals surface area contributed by atoms with Gasteiger partial charge in [0.2, 0.25) is 11.8 Å². The molecule has 37 heavy (non-hydrogen) atoms. The third-order valence-electron chi connectivity index (χ3n) is 6.29. The van der Waals surface area contributed by atoms with E-state index < -0.39 is 17.9 Å². The summed E-state index contributed by atoms with van der Waals surface area (Å²) >= 11 is 0. The van der Waals surface area contributed by atoms with Crippen molar-refractivity contribution in [2.75, 3.05) is 39.5 Å². The number of unbranched alkanes of at least 4 members (excludes halogenated alkanes) is 14. The van der Waals surface area contributed by atoms with Crippen molar-refractivity contribution < 1.29 is 29.0 Å². The van der Waals surface area contributed by atoms with Gasteiger partial charge >= 0.3 is 5.97 Å². The number of rotatable bonds is 29. The molecule has 218 valence electrons. The number of hydrogen-bond acceptors (Lipinski definition) is 6. The third kappa shape index (κ3) is 27.1. The van der Waals surface area contributed by atoms with Crippen molar-refractivity contribution in [3.63, 3.8) is 0 Å². The Hall–Kier alpha value is -1.71. The second kappa shape index (κ2) is 27.3. The molecule has 0 heterocycles. The first-order valence-electron chi connectivity index (χ1n) is 14.6. The second-order valence-corrected chi connectivity index (χ2v) is 9.83. The van der Waals surface area contributed by atoms with E-state index in [1.165, 1.54) is 77.0 Å². The minimum absolute atomic E-state index is 0.122. The van der Waals surface area contributed by atoms with Crippen molar-refractivity contribution in [1.82, 2.24) is 10.6 Å². The molecule has 0 saturated carbocycles. The van der Waals surface area contributed by atoms with Crippen molar-refractivity contribution in [3.05, 3.63) is 0 Å². The highest BCUT2D eigenvalue weighted by Gasteiger charge is 2.19. The SMILES string of the molecule is CCCCCCCCCCCCCCCCCC(=O)NC(CCNCCOCCOCC(N)=O)C(=O)O. The molecular formula is C28H55N3O6. The number of carboxylic acid groups (broad SMARTS) is 1. The summed E-state index contributed by atoms with van der Waals surface area (Å²) in [5, 5.41) is 15.1. The van der Waals surface area contributed by atoms with Crippen molar-refractivity contribution in [2.24, 2.45) is 5.73 Å². The van der Waals surface area contributed by atoms with Crippen LogP contribution in [0.25, 0.3) is 0 Å². The first-order valence-corrected chi connectivity index (χ1v) is 14.6. The largest absolute Gasteiger partial charge is 0.480 e. The molecule has 5 N–H and O–H groups in total. The maximum atomic E-state index is 12.1. The fourth-order valence-corrected chi connectivity index (χ4v) is 4.09. The zero-order valence-corrected chi connectivity index (χ0v) is 23.4. The Morgan fingerprint density at radius 1 is 0.730 bits per heavy atom. The summed E-state index contributed by atoms with van der Waals surface area (Å²) in [7, 11) is 0. The molecule has 0 saturated heterocycles. The number of nitrogens with two attached hydrogens (primary N) is 1. The number of ether oxygens (including phenoxy) is 2. The zero-order valence-electron chi connectivity index (χ0n) is 23.4. The molecule has 9 nitrogen and oxygen atoms in total. The minimum Gasteiger partial charge on any atom is -0.480 e. The molecule has 0 aromatic carbocycles. The van der Waals surface area contributed by atoms with Gasteiger partial charge in [-0.15, -0.1) is 0 Å². The number of carboxylic acids is 1. The predicted molar refractivity (Wildman–Crippen MR) is 147 cm³/mol. The molecule has 0 rings (SSSR count). The van der Waals surface area contributed by atoms with E-state index in [9.17, 15) is 19.5 Å². The highest BCUT2D eigenvalue weighted by atomic mass is 16.5. The molecule has 2 amide bonds. The van der Waals surface area contributed by atoms with Crippen LogP contribution in [0.3, 0.4) is 0 Å². The van der Waals surface area contributed by atoms with E-state index in [0.717, 1.165) is 19.3 Å². The Morgan fingerprint density at radius 3 is 1.76 bits per heavy atom. The Bertz CT molecular complexity index is 562. The maximum Gasteiger partial charge on any atom is 0.326 e. The van der Waals surface area contributed by atoms with Crippen LogP contribution >= 0.6 is 0 Å². The Morgan fingerprint density at radius 2 is 1.24 bits per heavy atom. The molecule has 9 heteroatoms. The molecule has 0 aliphatic carbocycles. The molecule has 0 aliphatic heterocycles. The summed E-state index contributed by atoms with van der Waals surface area (Å²) in [6.45, 7) is 4.21. The average Bonchev–Trinajstić information content (AvgIpc) is 2.86. The summed E-state index contributed by atoms with van der Waals surface area (Å²) < 4.78 is 10.3. The van der Waals surface area contributed by atoms with Gasteiger partial charge < -0.3 is 30.9 Å². The molecule has 0 fully saturated rings. The number of amides is 2. The van der Waals surface area contributed by atoms with Gasteiger partial charge in [-0.2, -0.15) is 0 Å². The summed E-state index contributed by atoms with van der Waals surface area (Å²) in [5.74, 6) is -1.73. The van der Waals surface area contributed by atoms with Gasteiger partial charge in [0.25, 0.3) is 0 Å². The lowest BCUT2D eigenvalue weighted by atomic mass is 10.0. The molecule has 0 aliphatic rings. The van der Waals surface area contributed by atoms with E-state index in [0.29, 0.717) is 39.1 Å². The Labute approximate surface area is 225 Å². The first-order chi connectivity index (χ1) is 18.0. The van der Waals surface area contributed by atoms with Crippen LogP contribution in [0.2, 0.25) is 0 Å². The lowest BCUT2D eigenvalue weighted by Crippen LogP contribution is -2.42. The van der Waals surface area contributed by atoms with E-state index in [-0.39, 0.29) is 19.1 Å². The van der Waals surface area contributed by atoms with Crippen LogP contribution in [0.5, 0.6) is 0 Å². The summed E-state index contributed by atoms with van der Waals surface area (Å²) in [5.41, 5.74) is 4.96. The van der Waals surface area contributed by atoms with Crippen LogP contribution in [-0.2, 0) is 23.9 Å². The quantitative estimate of drug-likeness (QED) is 0.106. The molecular weight excluding hydrogens is 474 g/mol. The van der Waals surface area contributed by atoms with Crippen molar-refractivity contribution in [3.8, 4) is 0 Å². The number of carbonyl (C=O) groups is 3. The van der Waals surface area contributed by atoms with Crippen LogP contribution in [0.4, 0.5) is 0 Å². The fourth-order valence-electron chi connectivity index (χ4n) is 4.09. The number of aliphatic carboxylic acids is 1. The van der Waals surface area contributed by atoms with Crippen LogP contribution in [0.15, 0.2) is 0 Å². The van der Waals surface area contributed by atoms with Crippen molar-refractivity contribution in [2.45, 2.75) is 122 Å². The molecule has 1 atom stereocenters. The van der Waals surface area contributed by atoms with Gasteiger partial charge in [0, 0.05) is 13.0 Å². The minimum atomic E-state index is -1.02. The Kier molecular flexibility index (Phi) is 26.1. The van der Waals surface area contributed by atoms with Crippen molar-refractivity contribution >= 4 is 17.8 Å². The van der Waals surface area contributed by atoms with Gasteiger partial charge in [-0.05, 0) is 19.4 Å². The van der Waals surface area contributed by atoms with Gasteiger partial charge in [-0.3, -0.25) is 9.59 Å². The smallest absolute Gasteiger partial charge is 0.326 e. The van der Waals surface area contributed by atoms with Crippen LogP contribution < -0.4 is 16.4 Å². The number of hydrogen-bond donors (Lipinski definition) is 4. The second-order valence-electron chi connectivity index (χ2n) is 9.83. The summed E-state index contributed by atoms with van der Waals surface area (Å²) in [6, 6.07) is -0.889. The molecule has 0 spiro atoms. The van der Waals surface area contributed by atoms with Crippen LogP contribution in [0.1, 0.15) is 116 Å². The number of primary amides is 1. The van der Waals surface area contributed by atoms with E-state index in [1.54, 1.807) is 0 Å². The van der Waals surface area contributed by atoms with E-state index in [4.69, 9.17) is 15.2 Å². The molecule has 1 unspecified atom stereocenters. The zero-order chi connectivity index (χ0) is 27.4. The highest BCUT2D eigenvalue weighted by Crippen LogP contribution is 2.13. The molecule has 0 aromatic rings. The monoisotopic (exact) mass is 529 g/mol. The lowest BCUT2D eigenvalue weighted by Gasteiger charge is -2.15. The first kappa shape index (κ1) is 35.3. The maximum absolute atomic E-state index is 12.1. The van der Waals surface area contributed by atoms with E-state index >= 15 is 0 Å². The predicted octanol–water partition coefficient (Wildman–Crippen LogP) is 4.32. The fraction of sp³-hybridized carbons (Fsp3) is 0.893. The Balaban J connectivity index is 3.55. The van der Waals surface area contributed by atoms with Crippen LogP contribution in [-0.4, -0.2) is 68.4 Å². The lowest BCUT2D eigenvalue weighted by molar-refractivity contribution is -0.142.